The number of aliphatic imine (C=N–C) groups is 1. The maximum absolute atomic E-state index is 12.6. The highest BCUT2D eigenvalue weighted by Crippen LogP contribution is 2.50. The number of carbonyl (C=O) groups is 1. The molecule has 0 spiro atoms. The van der Waals surface area contributed by atoms with Crippen LogP contribution in [0.3, 0.4) is 0 Å². The third-order valence-corrected chi connectivity index (χ3v) is 4.72. The molecule has 0 fully saturated rings. The predicted octanol–water partition coefficient (Wildman–Crippen LogP) is 3.56. The lowest BCUT2D eigenvalue weighted by atomic mass is 10.1. The zero-order chi connectivity index (χ0) is 17.6. The number of hydrogen-bond donors (Lipinski definition) is 0. The van der Waals surface area contributed by atoms with E-state index in [9.17, 15) is 9.36 Å². The Labute approximate surface area is 141 Å². The van der Waals surface area contributed by atoms with Crippen LogP contribution in [0.4, 0.5) is 5.69 Å². The van der Waals surface area contributed by atoms with Crippen molar-refractivity contribution < 1.29 is 22.9 Å². The van der Waals surface area contributed by atoms with Crippen molar-refractivity contribution in [2.45, 2.75) is 13.8 Å². The molecule has 0 aromatic heterocycles. The first-order valence-electron chi connectivity index (χ1n) is 7.68. The zero-order valence-corrected chi connectivity index (χ0v) is 14.7. The summed E-state index contributed by atoms with van der Waals surface area (Å²) in [5.41, 5.74) is 0.893. The van der Waals surface area contributed by atoms with Gasteiger partial charge in [-0.3, -0.25) is 13.8 Å². The van der Waals surface area contributed by atoms with Crippen LogP contribution in [0.2, 0.25) is 0 Å². The van der Waals surface area contributed by atoms with E-state index in [-0.39, 0.29) is 31.6 Å². The maximum atomic E-state index is 12.6. The van der Waals surface area contributed by atoms with Crippen LogP contribution in [0, 0.1) is 0 Å². The predicted molar refractivity (Wildman–Crippen MR) is 91.6 cm³/mol. The summed E-state index contributed by atoms with van der Waals surface area (Å²) in [6, 6.07) is 6.90. The molecule has 1 aliphatic heterocycles. The fraction of sp³-hybridized carbons (Fsp3) is 0.375. The van der Waals surface area contributed by atoms with E-state index in [2.05, 4.69) is 11.6 Å². The van der Waals surface area contributed by atoms with Gasteiger partial charge in [-0.1, -0.05) is 18.2 Å². The van der Waals surface area contributed by atoms with Crippen LogP contribution in [-0.4, -0.2) is 43.0 Å². The second kappa shape index (κ2) is 8.24. The highest BCUT2D eigenvalue weighted by atomic mass is 31.2. The average Bonchev–Trinajstić information content (AvgIpc) is 2.66. The second-order valence-electron chi connectivity index (χ2n) is 4.87. The fourth-order valence-corrected chi connectivity index (χ4v) is 3.38. The number of fused-ring (bicyclic) bond motifs is 1. The summed E-state index contributed by atoms with van der Waals surface area (Å²) < 4.78 is 28.3. The van der Waals surface area contributed by atoms with Gasteiger partial charge in [0, 0.05) is 6.54 Å². The Hall–Kier alpha value is -1.95. The van der Waals surface area contributed by atoms with Crippen LogP contribution in [0.5, 0.6) is 0 Å². The summed E-state index contributed by atoms with van der Waals surface area (Å²) >= 11 is 0. The highest BCUT2D eigenvalue weighted by Gasteiger charge is 2.32. The van der Waals surface area contributed by atoms with E-state index in [1.165, 1.54) is 4.90 Å². The summed E-state index contributed by atoms with van der Waals surface area (Å²) in [6.45, 7) is 7.71. The van der Waals surface area contributed by atoms with Crippen molar-refractivity contribution in [3.05, 3.63) is 42.5 Å². The first-order chi connectivity index (χ1) is 11.5. The summed E-state index contributed by atoms with van der Waals surface area (Å²) in [6.07, 6.45) is 1.61. The molecule has 0 N–H and O–H groups in total. The Morgan fingerprint density at radius 2 is 1.96 bits per heavy atom. The minimum absolute atomic E-state index is 0.0453. The zero-order valence-electron chi connectivity index (χ0n) is 13.8. The summed E-state index contributed by atoms with van der Waals surface area (Å²) in [4.78, 5) is 18.4. The van der Waals surface area contributed by atoms with E-state index in [0.29, 0.717) is 17.8 Å². The first kappa shape index (κ1) is 18.4. The van der Waals surface area contributed by atoms with E-state index in [1.807, 2.05) is 0 Å². The Kier molecular flexibility index (Phi) is 6.31. The van der Waals surface area contributed by atoms with E-state index in [4.69, 9.17) is 13.6 Å². The minimum atomic E-state index is -3.78. The third-order valence-electron chi connectivity index (χ3n) is 3.13. The third kappa shape index (κ3) is 4.32. The number of para-hydroxylation sites is 1. The Balaban J connectivity index is 2.38. The molecule has 0 unspecified atom stereocenters. The van der Waals surface area contributed by atoms with Gasteiger partial charge < -0.3 is 9.42 Å². The normalized spacial score (nSPS) is 14.7. The molecular formula is C16H21N2O5P. The number of phosphoric ester groups is 1. The van der Waals surface area contributed by atoms with Crippen molar-refractivity contribution >= 4 is 25.3 Å². The Morgan fingerprint density at radius 1 is 1.29 bits per heavy atom. The van der Waals surface area contributed by atoms with Crippen molar-refractivity contribution in [2.24, 2.45) is 4.99 Å². The van der Waals surface area contributed by atoms with Gasteiger partial charge >= 0.3 is 7.82 Å². The summed E-state index contributed by atoms with van der Waals surface area (Å²) in [7, 11) is -3.78. The van der Waals surface area contributed by atoms with Crippen LogP contribution in [0.1, 0.15) is 24.2 Å². The van der Waals surface area contributed by atoms with Gasteiger partial charge in [0.05, 0.1) is 31.0 Å². The van der Waals surface area contributed by atoms with E-state index >= 15 is 0 Å². The molecule has 1 aliphatic rings. The lowest BCUT2D eigenvalue weighted by Crippen LogP contribution is -2.35. The molecule has 130 valence electrons. The standard InChI is InChI=1S/C16H21N2O5P/c1-4-11-18-12-15(23-24(20,21-5-2)22-6-3)17-14-10-8-7-9-13(14)16(18)19/h4,7-10H,1,5-6,11-12H2,2-3H3. The molecule has 8 heteroatoms. The quantitative estimate of drug-likeness (QED) is 0.554. The highest BCUT2D eigenvalue weighted by molar-refractivity contribution is 7.49. The molecule has 0 aliphatic carbocycles. The number of hydrogen-bond acceptors (Lipinski definition) is 6. The largest absolute Gasteiger partial charge is 0.531 e. The van der Waals surface area contributed by atoms with Crippen LogP contribution >= 0.6 is 7.82 Å². The molecule has 1 heterocycles. The number of nitrogens with zero attached hydrogens (tertiary/aromatic N) is 2. The Morgan fingerprint density at radius 3 is 2.58 bits per heavy atom. The first-order valence-corrected chi connectivity index (χ1v) is 9.14. The molecule has 0 bridgehead atoms. The van der Waals surface area contributed by atoms with Gasteiger partial charge in [0.2, 0.25) is 5.90 Å². The lowest BCUT2D eigenvalue weighted by molar-refractivity contribution is 0.0790. The van der Waals surface area contributed by atoms with Gasteiger partial charge in [-0.25, -0.2) is 9.56 Å². The van der Waals surface area contributed by atoms with Gasteiger partial charge in [-0.05, 0) is 26.0 Å². The fourth-order valence-electron chi connectivity index (χ4n) is 2.21. The lowest BCUT2D eigenvalue weighted by Gasteiger charge is -2.22. The van der Waals surface area contributed by atoms with E-state index in [1.54, 1.807) is 44.2 Å². The number of phosphoric acid groups is 1. The van der Waals surface area contributed by atoms with Gasteiger partial charge in [0.15, 0.2) is 0 Å². The van der Waals surface area contributed by atoms with Gasteiger partial charge in [0.25, 0.3) is 5.91 Å². The molecule has 7 nitrogen and oxygen atoms in total. The maximum Gasteiger partial charge on any atom is 0.531 e. The van der Waals surface area contributed by atoms with Crippen molar-refractivity contribution in [1.29, 1.82) is 0 Å². The van der Waals surface area contributed by atoms with Gasteiger partial charge in [0.1, 0.15) is 0 Å². The molecule has 24 heavy (non-hydrogen) atoms. The van der Waals surface area contributed by atoms with E-state index < -0.39 is 7.82 Å². The van der Waals surface area contributed by atoms with Crippen molar-refractivity contribution in [2.75, 3.05) is 26.3 Å². The average molecular weight is 352 g/mol. The monoisotopic (exact) mass is 352 g/mol. The minimum Gasteiger partial charge on any atom is -0.388 e. The van der Waals surface area contributed by atoms with Crippen LogP contribution in [0.15, 0.2) is 41.9 Å². The Bertz CT molecular complexity index is 679. The van der Waals surface area contributed by atoms with Gasteiger partial charge in [-0.15, -0.1) is 6.58 Å². The molecule has 0 atom stereocenters. The van der Waals surface area contributed by atoms with Crippen molar-refractivity contribution in [3.8, 4) is 0 Å². The van der Waals surface area contributed by atoms with Crippen molar-refractivity contribution in [3.63, 3.8) is 0 Å². The number of amides is 1. The number of rotatable bonds is 7. The molecule has 1 aromatic rings. The number of benzene rings is 1. The van der Waals surface area contributed by atoms with Crippen LogP contribution < -0.4 is 0 Å². The molecular weight excluding hydrogens is 331 g/mol. The second-order valence-corrected chi connectivity index (χ2v) is 6.46. The summed E-state index contributed by atoms with van der Waals surface area (Å²) in [5, 5.41) is 0. The number of carbonyl (C=O) groups excluding carboxylic acids is 1. The topological polar surface area (TPSA) is 77.4 Å². The molecule has 0 saturated carbocycles. The SMILES string of the molecule is C=CCN1CC(OP(=O)(OCC)OCC)=Nc2ccccc2C1=O. The van der Waals surface area contributed by atoms with Crippen LogP contribution in [-0.2, 0) is 18.1 Å². The molecule has 1 aromatic carbocycles. The van der Waals surface area contributed by atoms with Crippen LogP contribution in [0.25, 0.3) is 0 Å². The molecule has 0 saturated heterocycles. The molecule has 2 rings (SSSR count). The van der Waals surface area contributed by atoms with E-state index in [0.717, 1.165) is 0 Å². The summed E-state index contributed by atoms with van der Waals surface area (Å²) in [5.74, 6) is -0.101. The molecule has 0 radical (unpaired) electrons. The van der Waals surface area contributed by atoms with Crippen molar-refractivity contribution in [1.82, 2.24) is 4.90 Å². The smallest absolute Gasteiger partial charge is 0.388 e. The van der Waals surface area contributed by atoms with Gasteiger partial charge in [-0.2, -0.15) is 0 Å². The molecule has 1 amide bonds.